The number of nitrogens with zero attached hydrogens (tertiary/aromatic N) is 2. The van der Waals surface area contributed by atoms with Crippen LogP contribution in [0, 0.1) is 5.41 Å². The van der Waals surface area contributed by atoms with Crippen molar-refractivity contribution in [1.29, 1.82) is 0 Å². The molecule has 0 saturated carbocycles. The molecule has 1 unspecified atom stereocenters. The van der Waals surface area contributed by atoms with Crippen LogP contribution in [0.2, 0.25) is 0 Å². The first-order valence-corrected chi connectivity index (χ1v) is 6.73. The summed E-state index contributed by atoms with van der Waals surface area (Å²) in [5.74, 6) is 0.317. The average Bonchev–Trinajstić information content (AvgIpc) is 2.69. The lowest BCUT2D eigenvalue weighted by atomic mass is 9.93. The molecule has 98 valence electrons. The van der Waals surface area contributed by atoms with Gasteiger partial charge in [-0.05, 0) is 18.8 Å². The van der Waals surface area contributed by atoms with Gasteiger partial charge in [-0.25, -0.2) is 0 Å². The third kappa shape index (κ3) is 2.99. The third-order valence-electron chi connectivity index (χ3n) is 4.05. The van der Waals surface area contributed by atoms with E-state index in [9.17, 15) is 4.79 Å². The molecule has 2 heterocycles. The van der Waals surface area contributed by atoms with Gasteiger partial charge in [-0.3, -0.25) is 9.69 Å². The SMILES string of the molecule is CC(C(=O)N1CCC(C)(C)C1)N1CCNCC1. The monoisotopic (exact) mass is 239 g/mol. The van der Waals surface area contributed by atoms with Crippen LogP contribution in [0.25, 0.3) is 0 Å². The van der Waals surface area contributed by atoms with Crippen molar-refractivity contribution < 1.29 is 4.79 Å². The van der Waals surface area contributed by atoms with Gasteiger partial charge in [0.25, 0.3) is 0 Å². The molecule has 0 aromatic heterocycles. The summed E-state index contributed by atoms with van der Waals surface area (Å²) in [6, 6.07) is 0.0472. The van der Waals surface area contributed by atoms with Gasteiger partial charge in [0.1, 0.15) is 0 Å². The number of hydrogen-bond donors (Lipinski definition) is 1. The van der Waals surface area contributed by atoms with E-state index >= 15 is 0 Å². The van der Waals surface area contributed by atoms with Crippen molar-refractivity contribution in [3.05, 3.63) is 0 Å². The van der Waals surface area contributed by atoms with Gasteiger partial charge < -0.3 is 10.2 Å². The molecule has 1 N–H and O–H groups in total. The second kappa shape index (κ2) is 4.94. The number of piperazine rings is 1. The Morgan fingerprint density at radius 1 is 1.24 bits per heavy atom. The highest BCUT2D eigenvalue weighted by Crippen LogP contribution is 2.29. The Balaban J connectivity index is 1.90. The van der Waals surface area contributed by atoms with E-state index in [0.29, 0.717) is 11.3 Å². The van der Waals surface area contributed by atoms with Crippen molar-refractivity contribution >= 4 is 5.91 Å². The molecular weight excluding hydrogens is 214 g/mol. The summed E-state index contributed by atoms with van der Waals surface area (Å²) in [5, 5.41) is 3.32. The summed E-state index contributed by atoms with van der Waals surface area (Å²) in [5.41, 5.74) is 0.304. The molecule has 0 aliphatic carbocycles. The van der Waals surface area contributed by atoms with Crippen LogP contribution in [0.3, 0.4) is 0 Å². The zero-order valence-corrected chi connectivity index (χ0v) is 11.3. The number of hydrogen-bond acceptors (Lipinski definition) is 3. The fraction of sp³-hybridized carbons (Fsp3) is 0.923. The summed E-state index contributed by atoms with van der Waals surface area (Å²) < 4.78 is 0. The zero-order chi connectivity index (χ0) is 12.5. The van der Waals surface area contributed by atoms with E-state index in [1.807, 2.05) is 4.90 Å². The van der Waals surface area contributed by atoms with Crippen molar-refractivity contribution in [2.24, 2.45) is 5.41 Å². The Morgan fingerprint density at radius 2 is 1.88 bits per heavy atom. The summed E-state index contributed by atoms with van der Waals surface area (Å²) in [6.07, 6.45) is 1.13. The Morgan fingerprint density at radius 3 is 2.41 bits per heavy atom. The smallest absolute Gasteiger partial charge is 0.239 e. The quantitative estimate of drug-likeness (QED) is 0.764. The van der Waals surface area contributed by atoms with Crippen molar-refractivity contribution in [1.82, 2.24) is 15.1 Å². The molecule has 0 radical (unpaired) electrons. The van der Waals surface area contributed by atoms with Gasteiger partial charge in [0.15, 0.2) is 0 Å². The number of amides is 1. The standard InChI is InChI=1S/C13H25N3O/c1-11(15-8-5-14-6-9-15)12(17)16-7-4-13(2,3)10-16/h11,14H,4-10H2,1-3H3. The first-order valence-electron chi connectivity index (χ1n) is 6.73. The van der Waals surface area contributed by atoms with E-state index in [4.69, 9.17) is 0 Å². The molecule has 17 heavy (non-hydrogen) atoms. The molecule has 2 aliphatic heterocycles. The first kappa shape index (κ1) is 12.8. The fourth-order valence-corrected chi connectivity index (χ4v) is 2.79. The van der Waals surface area contributed by atoms with Gasteiger partial charge >= 0.3 is 0 Å². The number of carbonyl (C=O) groups is 1. The van der Waals surface area contributed by atoms with Crippen molar-refractivity contribution in [3.63, 3.8) is 0 Å². The lowest BCUT2D eigenvalue weighted by Gasteiger charge is -2.34. The van der Waals surface area contributed by atoms with E-state index in [1.165, 1.54) is 0 Å². The minimum Gasteiger partial charge on any atom is -0.341 e. The number of carbonyl (C=O) groups excluding carboxylic acids is 1. The summed E-state index contributed by atoms with van der Waals surface area (Å²) in [6.45, 7) is 12.4. The van der Waals surface area contributed by atoms with E-state index in [0.717, 1.165) is 45.7 Å². The topological polar surface area (TPSA) is 35.6 Å². The lowest BCUT2D eigenvalue weighted by molar-refractivity contribution is -0.135. The van der Waals surface area contributed by atoms with Gasteiger partial charge in [-0.1, -0.05) is 13.8 Å². The Bertz CT molecular complexity index is 284. The maximum Gasteiger partial charge on any atom is 0.239 e. The number of nitrogens with one attached hydrogen (secondary N) is 1. The van der Waals surface area contributed by atoms with E-state index in [2.05, 4.69) is 31.0 Å². The molecular formula is C13H25N3O. The maximum atomic E-state index is 12.4. The predicted octanol–water partition coefficient (Wildman–Crippen LogP) is 0.539. The van der Waals surface area contributed by atoms with Crippen LogP contribution >= 0.6 is 0 Å². The van der Waals surface area contributed by atoms with Crippen LogP contribution in [0.1, 0.15) is 27.2 Å². The normalized spacial score (nSPS) is 27.1. The molecule has 1 amide bonds. The van der Waals surface area contributed by atoms with Crippen LogP contribution in [0.4, 0.5) is 0 Å². The van der Waals surface area contributed by atoms with Crippen LogP contribution in [0.5, 0.6) is 0 Å². The predicted molar refractivity (Wildman–Crippen MR) is 68.9 cm³/mol. The van der Waals surface area contributed by atoms with Crippen LogP contribution in [0.15, 0.2) is 0 Å². The minimum atomic E-state index is 0.0472. The second-order valence-electron chi connectivity index (χ2n) is 6.14. The van der Waals surface area contributed by atoms with Crippen LogP contribution in [-0.4, -0.2) is 61.0 Å². The molecule has 0 aromatic rings. The molecule has 0 aromatic carbocycles. The third-order valence-corrected chi connectivity index (χ3v) is 4.05. The number of rotatable bonds is 2. The molecule has 4 heteroatoms. The Kier molecular flexibility index (Phi) is 3.73. The average molecular weight is 239 g/mol. The molecule has 2 fully saturated rings. The highest BCUT2D eigenvalue weighted by Gasteiger charge is 2.35. The summed E-state index contributed by atoms with van der Waals surface area (Å²) in [7, 11) is 0. The summed E-state index contributed by atoms with van der Waals surface area (Å²) >= 11 is 0. The Labute approximate surface area is 104 Å². The van der Waals surface area contributed by atoms with Crippen LogP contribution < -0.4 is 5.32 Å². The van der Waals surface area contributed by atoms with E-state index < -0.39 is 0 Å². The highest BCUT2D eigenvalue weighted by atomic mass is 16.2. The number of likely N-dealkylation sites (tertiary alicyclic amines) is 1. The molecule has 1 atom stereocenters. The first-order chi connectivity index (χ1) is 7.99. The zero-order valence-electron chi connectivity index (χ0n) is 11.3. The molecule has 0 spiro atoms. The van der Waals surface area contributed by atoms with Gasteiger partial charge in [-0.2, -0.15) is 0 Å². The molecule has 4 nitrogen and oxygen atoms in total. The van der Waals surface area contributed by atoms with E-state index in [-0.39, 0.29) is 6.04 Å². The van der Waals surface area contributed by atoms with Crippen LogP contribution in [-0.2, 0) is 4.79 Å². The van der Waals surface area contributed by atoms with Gasteiger partial charge in [0.05, 0.1) is 6.04 Å². The molecule has 2 rings (SSSR count). The van der Waals surface area contributed by atoms with Gasteiger partial charge in [0.2, 0.25) is 5.91 Å². The fourth-order valence-electron chi connectivity index (χ4n) is 2.79. The lowest BCUT2D eigenvalue weighted by Crippen LogP contribution is -2.53. The van der Waals surface area contributed by atoms with Crippen molar-refractivity contribution in [2.75, 3.05) is 39.3 Å². The highest BCUT2D eigenvalue weighted by molar-refractivity contribution is 5.81. The van der Waals surface area contributed by atoms with Crippen molar-refractivity contribution in [3.8, 4) is 0 Å². The molecule has 2 aliphatic rings. The minimum absolute atomic E-state index is 0.0472. The Hall–Kier alpha value is -0.610. The maximum absolute atomic E-state index is 12.4. The molecule has 2 saturated heterocycles. The van der Waals surface area contributed by atoms with E-state index in [1.54, 1.807) is 0 Å². The van der Waals surface area contributed by atoms with Gasteiger partial charge in [-0.15, -0.1) is 0 Å². The largest absolute Gasteiger partial charge is 0.341 e. The molecule has 0 bridgehead atoms. The van der Waals surface area contributed by atoms with Gasteiger partial charge in [0, 0.05) is 39.3 Å². The summed E-state index contributed by atoms with van der Waals surface area (Å²) in [4.78, 5) is 16.7. The van der Waals surface area contributed by atoms with Crippen molar-refractivity contribution in [2.45, 2.75) is 33.2 Å². The second-order valence-corrected chi connectivity index (χ2v) is 6.14.